The molecular weight excluding hydrogens is 247 g/mol. The van der Waals surface area contributed by atoms with Gasteiger partial charge < -0.3 is 10.0 Å². The van der Waals surface area contributed by atoms with Crippen molar-refractivity contribution in [3.63, 3.8) is 0 Å². The molecule has 1 aromatic carbocycles. The summed E-state index contributed by atoms with van der Waals surface area (Å²) in [7, 11) is 1.30. The summed E-state index contributed by atoms with van der Waals surface area (Å²) in [5.41, 5.74) is 0.771. The number of phenols is 1. The second-order valence-corrected chi connectivity index (χ2v) is 4.09. The van der Waals surface area contributed by atoms with Gasteiger partial charge in [0, 0.05) is 19.2 Å². The Morgan fingerprint density at radius 3 is 2.50 bits per heavy atom. The van der Waals surface area contributed by atoms with Crippen LogP contribution in [0.25, 0.3) is 0 Å². The number of aryl methyl sites for hydroxylation is 1. The molecule has 0 atom stereocenters. The molecule has 0 saturated carbocycles. The molecule has 0 aliphatic rings. The van der Waals surface area contributed by atoms with E-state index in [2.05, 4.69) is 0 Å². The minimum Gasteiger partial charge on any atom is -0.508 e. The van der Waals surface area contributed by atoms with E-state index in [0.29, 0.717) is 5.56 Å². The maximum Gasteiger partial charge on any atom is 0.390 e. The predicted molar refractivity (Wildman–Crippen MR) is 60.5 cm³/mol. The number of nitrogens with zero attached hydrogens (tertiary/aromatic N) is 1. The lowest BCUT2D eigenvalue weighted by atomic mass is 10.1. The number of rotatable bonds is 3. The molecule has 0 radical (unpaired) electrons. The number of alkyl halides is 3. The van der Waals surface area contributed by atoms with Crippen molar-refractivity contribution in [3.05, 3.63) is 29.3 Å². The highest BCUT2D eigenvalue weighted by Crippen LogP contribution is 2.21. The SMILES string of the molecule is Cc1ccc(C(=O)N(C)CCC(F)(F)F)cc1O. The van der Waals surface area contributed by atoms with E-state index in [1.165, 1.54) is 19.2 Å². The lowest BCUT2D eigenvalue weighted by Gasteiger charge is -2.18. The summed E-state index contributed by atoms with van der Waals surface area (Å²) >= 11 is 0. The summed E-state index contributed by atoms with van der Waals surface area (Å²) in [6, 6.07) is 4.27. The molecule has 0 spiro atoms. The number of carbonyl (C=O) groups excluding carboxylic acids is 1. The standard InChI is InChI=1S/C12H14F3NO2/c1-8-3-4-9(7-10(8)17)11(18)16(2)6-5-12(13,14)15/h3-4,7,17H,5-6H2,1-2H3. The van der Waals surface area contributed by atoms with Crippen molar-refractivity contribution in [2.24, 2.45) is 0 Å². The minimum absolute atomic E-state index is 0.0509. The Hall–Kier alpha value is -1.72. The number of aromatic hydroxyl groups is 1. The third-order valence-corrected chi connectivity index (χ3v) is 2.53. The molecule has 1 rings (SSSR count). The lowest BCUT2D eigenvalue weighted by Crippen LogP contribution is -2.30. The van der Waals surface area contributed by atoms with Crippen LogP contribution in [0.3, 0.4) is 0 Å². The summed E-state index contributed by atoms with van der Waals surface area (Å²) in [5, 5.41) is 9.44. The molecule has 3 nitrogen and oxygen atoms in total. The van der Waals surface area contributed by atoms with Crippen LogP contribution in [0, 0.1) is 6.92 Å². The van der Waals surface area contributed by atoms with Crippen molar-refractivity contribution in [2.75, 3.05) is 13.6 Å². The van der Waals surface area contributed by atoms with Crippen LogP contribution in [0.5, 0.6) is 5.75 Å². The van der Waals surface area contributed by atoms with Crippen LogP contribution in [0.15, 0.2) is 18.2 Å². The lowest BCUT2D eigenvalue weighted by molar-refractivity contribution is -0.136. The zero-order chi connectivity index (χ0) is 13.9. The fourth-order valence-electron chi connectivity index (χ4n) is 1.36. The van der Waals surface area contributed by atoms with Gasteiger partial charge in [-0.1, -0.05) is 6.07 Å². The Morgan fingerprint density at radius 1 is 1.39 bits per heavy atom. The smallest absolute Gasteiger partial charge is 0.390 e. The van der Waals surface area contributed by atoms with Gasteiger partial charge in [-0.3, -0.25) is 4.79 Å². The monoisotopic (exact) mass is 261 g/mol. The van der Waals surface area contributed by atoms with Crippen LogP contribution in [0.1, 0.15) is 22.3 Å². The Kier molecular flexibility index (Phi) is 4.21. The van der Waals surface area contributed by atoms with Gasteiger partial charge in [-0.05, 0) is 24.6 Å². The summed E-state index contributed by atoms with van der Waals surface area (Å²) in [5.74, 6) is -0.598. The first-order chi connectivity index (χ1) is 8.20. The van der Waals surface area contributed by atoms with Crippen LogP contribution >= 0.6 is 0 Å². The Balaban J connectivity index is 2.71. The van der Waals surface area contributed by atoms with Gasteiger partial charge in [0.25, 0.3) is 5.91 Å². The summed E-state index contributed by atoms with van der Waals surface area (Å²) in [6.45, 7) is 1.26. The summed E-state index contributed by atoms with van der Waals surface area (Å²) in [4.78, 5) is 12.8. The maximum atomic E-state index is 12.0. The average molecular weight is 261 g/mol. The number of carbonyl (C=O) groups is 1. The molecule has 0 fully saturated rings. The summed E-state index contributed by atoms with van der Waals surface area (Å²) in [6.07, 6.45) is -5.34. The highest BCUT2D eigenvalue weighted by molar-refractivity contribution is 5.94. The molecule has 1 aromatic rings. The molecule has 0 bridgehead atoms. The van der Waals surface area contributed by atoms with E-state index in [1.54, 1.807) is 13.0 Å². The van der Waals surface area contributed by atoms with E-state index in [9.17, 15) is 23.1 Å². The molecule has 0 saturated heterocycles. The number of halogens is 3. The molecule has 0 aromatic heterocycles. The number of hydrogen-bond donors (Lipinski definition) is 1. The van der Waals surface area contributed by atoms with E-state index in [1.807, 2.05) is 0 Å². The Labute approximate surface area is 103 Å². The minimum atomic E-state index is -4.29. The van der Waals surface area contributed by atoms with Gasteiger partial charge in [-0.2, -0.15) is 13.2 Å². The molecule has 1 N–H and O–H groups in total. The molecule has 0 aliphatic carbocycles. The molecule has 100 valence electrons. The second-order valence-electron chi connectivity index (χ2n) is 4.09. The Bertz CT molecular complexity index is 443. The summed E-state index contributed by atoms with van der Waals surface area (Å²) < 4.78 is 36.1. The van der Waals surface area contributed by atoms with E-state index < -0.39 is 25.0 Å². The Morgan fingerprint density at radius 2 is 2.00 bits per heavy atom. The first-order valence-electron chi connectivity index (χ1n) is 5.32. The van der Waals surface area contributed by atoms with Crippen LogP contribution in [0.4, 0.5) is 13.2 Å². The van der Waals surface area contributed by atoms with Gasteiger partial charge in [0.2, 0.25) is 0 Å². The quantitative estimate of drug-likeness (QED) is 0.908. The van der Waals surface area contributed by atoms with Gasteiger partial charge in [0.05, 0.1) is 6.42 Å². The topological polar surface area (TPSA) is 40.5 Å². The number of amides is 1. The van der Waals surface area contributed by atoms with Gasteiger partial charge >= 0.3 is 6.18 Å². The molecule has 1 amide bonds. The molecule has 0 aliphatic heterocycles. The third-order valence-electron chi connectivity index (χ3n) is 2.53. The maximum absolute atomic E-state index is 12.0. The van der Waals surface area contributed by atoms with Crippen LogP contribution in [0.2, 0.25) is 0 Å². The fraction of sp³-hybridized carbons (Fsp3) is 0.417. The van der Waals surface area contributed by atoms with Gasteiger partial charge in [0.15, 0.2) is 0 Å². The van der Waals surface area contributed by atoms with E-state index in [-0.39, 0.29) is 11.3 Å². The normalized spacial score (nSPS) is 11.4. The van der Waals surface area contributed by atoms with E-state index >= 15 is 0 Å². The largest absolute Gasteiger partial charge is 0.508 e. The molecule has 6 heteroatoms. The van der Waals surface area contributed by atoms with Crippen molar-refractivity contribution in [3.8, 4) is 5.75 Å². The zero-order valence-electron chi connectivity index (χ0n) is 10.1. The van der Waals surface area contributed by atoms with Crippen molar-refractivity contribution in [1.29, 1.82) is 0 Å². The van der Waals surface area contributed by atoms with Crippen LogP contribution < -0.4 is 0 Å². The molecular formula is C12H14F3NO2. The molecule has 0 unspecified atom stereocenters. The van der Waals surface area contributed by atoms with Crippen molar-refractivity contribution < 1.29 is 23.1 Å². The number of phenolic OH excluding ortho intramolecular Hbond substituents is 1. The van der Waals surface area contributed by atoms with Crippen LogP contribution in [-0.2, 0) is 0 Å². The van der Waals surface area contributed by atoms with Gasteiger partial charge in [-0.25, -0.2) is 0 Å². The van der Waals surface area contributed by atoms with E-state index in [4.69, 9.17) is 0 Å². The van der Waals surface area contributed by atoms with Crippen LogP contribution in [-0.4, -0.2) is 35.7 Å². The fourth-order valence-corrected chi connectivity index (χ4v) is 1.36. The second kappa shape index (κ2) is 5.29. The van der Waals surface area contributed by atoms with Gasteiger partial charge in [-0.15, -0.1) is 0 Å². The van der Waals surface area contributed by atoms with E-state index in [0.717, 1.165) is 4.90 Å². The van der Waals surface area contributed by atoms with Crippen molar-refractivity contribution >= 4 is 5.91 Å². The highest BCUT2D eigenvalue weighted by Gasteiger charge is 2.28. The first kappa shape index (κ1) is 14.3. The van der Waals surface area contributed by atoms with Gasteiger partial charge in [0.1, 0.15) is 5.75 Å². The molecule has 0 heterocycles. The molecule has 18 heavy (non-hydrogen) atoms. The third kappa shape index (κ3) is 3.94. The first-order valence-corrected chi connectivity index (χ1v) is 5.32. The van der Waals surface area contributed by atoms with Crippen molar-refractivity contribution in [2.45, 2.75) is 19.5 Å². The van der Waals surface area contributed by atoms with Crippen molar-refractivity contribution in [1.82, 2.24) is 4.90 Å². The number of benzene rings is 1. The highest BCUT2D eigenvalue weighted by atomic mass is 19.4. The zero-order valence-corrected chi connectivity index (χ0v) is 10.1. The predicted octanol–water partition coefficient (Wildman–Crippen LogP) is 2.73. The number of hydrogen-bond acceptors (Lipinski definition) is 2. The average Bonchev–Trinajstić information content (AvgIpc) is 2.27.